The molecule has 1 rings (SSSR count). The minimum absolute atomic E-state index is 0.000469. The Morgan fingerprint density at radius 2 is 1.95 bits per heavy atom. The summed E-state index contributed by atoms with van der Waals surface area (Å²) in [7, 11) is 0. The lowest BCUT2D eigenvalue weighted by Gasteiger charge is -2.26. The molecule has 1 unspecified atom stereocenters. The van der Waals surface area contributed by atoms with E-state index >= 15 is 0 Å². The molecule has 0 heterocycles. The number of rotatable bonds is 6. The highest BCUT2D eigenvalue weighted by molar-refractivity contribution is 5.87. The van der Waals surface area contributed by atoms with E-state index in [-0.39, 0.29) is 11.9 Å². The molecule has 0 aromatic heterocycles. The topological polar surface area (TPSA) is 64.3 Å². The summed E-state index contributed by atoms with van der Waals surface area (Å²) in [5, 5.41) is 2.97. The predicted octanol–water partition coefficient (Wildman–Crippen LogP) is 2.09. The van der Waals surface area contributed by atoms with E-state index in [2.05, 4.69) is 5.32 Å². The highest BCUT2D eigenvalue weighted by Crippen LogP contribution is 2.24. The molecule has 0 saturated carbocycles. The van der Waals surface area contributed by atoms with Gasteiger partial charge in [0.25, 0.3) is 0 Å². The predicted molar refractivity (Wildman–Crippen MR) is 78.0 cm³/mol. The monoisotopic (exact) mass is 264 g/mol. The fourth-order valence-electron chi connectivity index (χ4n) is 1.77. The van der Waals surface area contributed by atoms with Gasteiger partial charge in [0.05, 0.1) is 12.0 Å². The van der Waals surface area contributed by atoms with Crippen LogP contribution in [0.5, 0.6) is 0 Å². The second-order valence-corrected chi connectivity index (χ2v) is 5.28. The molecule has 0 saturated heterocycles. The molecule has 0 aliphatic carbocycles. The lowest BCUT2D eigenvalue weighted by molar-refractivity contribution is -0.126. The van der Waals surface area contributed by atoms with Crippen LogP contribution in [0, 0.1) is 0 Å². The Balaban J connectivity index is 2.71. The van der Waals surface area contributed by atoms with Gasteiger partial charge in [-0.15, -0.1) is 0 Å². The molecule has 0 radical (unpaired) electrons. The number of hydrogen-bond donors (Lipinski definition) is 2. The van der Waals surface area contributed by atoms with Gasteiger partial charge >= 0.3 is 0 Å². The van der Waals surface area contributed by atoms with Gasteiger partial charge in [-0.25, -0.2) is 0 Å². The summed E-state index contributed by atoms with van der Waals surface area (Å²) in [6, 6.07) is 7.41. The van der Waals surface area contributed by atoms with E-state index in [1.54, 1.807) is 0 Å². The van der Waals surface area contributed by atoms with E-state index in [1.165, 1.54) is 0 Å². The maximum absolute atomic E-state index is 12.3. The Morgan fingerprint density at radius 1 is 1.37 bits per heavy atom. The molecule has 1 atom stereocenters. The number of hydrogen-bond acceptors (Lipinski definition) is 3. The molecule has 0 aliphatic rings. The van der Waals surface area contributed by atoms with Gasteiger partial charge in [-0.3, -0.25) is 4.79 Å². The van der Waals surface area contributed by atoms with E-state index in [4.69, 9.17) is 10.5 Å². The smallest absolute Gasteiger partial charge is 0.230 e. The van der Waals surface area contributed by atoms with Gasteiger partial charge < -0.3 is 15.8 Å². The van der Waals surface area contributed by atoms with Crippen molar-refractivity contribution in [2.45, 2.75) is 39.2 Å². The standard InChI is InChI=1S/C15H24N2O2/c1-5-19-10-11(2)17-14(18)15(3,4)12-6-8-13(16)9-7-12/h6-9,11H,5,10,16H2,1-4H3,(H,17,18). The Bertz CT molecular complexity index is 413. The summed E-state index contributed by atoms with van der Waals surface area (Å²) in [5.41, 5.74) is 6.72. The summed E-state index contributed by atoms with van der Waals surface area (Å²) >= 11 is 0. The van der Waals surface area contributed by atoms with Crippen LogP contribution in [0.2, 0.25) is 0 Å². The highest BCUT2D eigenvalue weighted by atomic mass is 16.5. The molecule has 3 N–H and O–H groups in total. The average Bonchev–Trinajstić information content (AvgIpc) is 2.36. The Labute approximate surface area is 115 Å². The summed E-state index contributed by atoms with van der Waals surface area (Å²) in [5.74, 6) is -0.00975. The first-order chi connectivity index (χ1) is 8.87. The van der Waals surface area contributed by atoms with Gasteiger partial charge in [0.1, 0.15) is 0 Å². The second-order valence-electron chi connectivity index (χ2n) is 5.28. The number of nitrogens with one attached hydrogen (secondary N) is 1. The molecule has 19 heavy (non-hydrogen) atoms. The molecule has 1 amide bonds. The van der Waals surface area contributed by atoms with Crippen LogP contribution in [0.15, 0.2) is 24.3 Å². The van der Waals surface area contributed by atoms with Crippen molar-refractivity contribution < 1.29 is 9.53 Å². The third kappa shape index (κ3) is 4.24. The van der Waals surface area contributed by atoms with Crippen LogP contribution in [-0.4, -0.2) is 25.2 Å². The number of nitrogen functional groups attached to an aromatic ring is 1. The first kappa shape index (κ1) is 15.5. The molecule has 0 fully saturated rings. The van der Waals surface area contributed by atoms with Crippen LogP contribution >= 0.6 is 0 Å². The molecule has 4 heteroatoms. The molecule has 1 aromatic rings. The van der Waals surface area contributed by atoms with Crippen LogP contribution < -0.4 is 11.1 Å². The van der Waals surface area contributed by atoms with E-state index in [0.717, 1.165) is 5.56 Å². The number of anilines is 1. The van der Waals surface area contributed by atoms with E-state index in [9.17, 15) is 4.79 Å². The van der Waals surface area contributed by atoms with Gasteiger partial charge in [0.15, 0.2) is 0 Å². The van der Waals surface area contributed by atoms with Crippen LogP contribution in [-0.2, 0) is 14.9 Å². The fraction of sp³-hybridized carbons (Fsp3) is 0.533. The summed E-state index contributed by atoms with van der Waals surface area (Å²) in [6.45, 7) is 8.86. The number of nitrogens with two attached hydrogens (primary N) is 1. The normalized spacial score (nSPS) is 13.1. The van der Waals surface area contributed by atoms with Crippen LogP contribution in [0.3, 0.4) is 0 Å². The zero-order chi connectivity index (χ0) is 14.5. The summed E-state index contributed by atoms with van der Waals surface area (Å²) in [4.78, 5) is 12.3. The van der Waals surface area contributed by atoms with E-state index in [0.29, 0.717) is 18.9 Å². The minimum atomic E-state index is -0.589. The van der Waals surface area contributed by atoms with Gasteiger partial charge in [0, 0.05) is 18.3 Å². The van der Waals surface area contributed by atoms with Gasteiger partial charge in [0.2, 0.25) is 5.91 Å². The van der Waals surface area contributed by atoms with Crippen molar-refractivity contribution in [2.75, 3.05) is 18.9 Å². The maximum atomic E-state index is 12.3. The van der Waals surface area contributed by atoms with Crippen molar-refractivity contribution in [1.82, 2.24) is 5.32 Å². The summed E-state index contributed by atoms with van der Waals surface area (Å²) < 4.78 is 5.30. The third-order valence-corrected chi connectivity index (χ3v) is 3.15. The quantitative estimate of drug-likeness (QED) is 0.773. The van der Waals surface area contributed by atoms with Gasteiger partial charge in [-0.1, -0.05) is 12.1 Å². The zero-order valence-corrected chi connectivity index (χ0v) is 12.2. The number of carbonyl (C=O) groups excluding carboxylic acids is 1. The van der Waals surface area contributed by atoms with Crippen LogP contribution in [0.1, 0.15) is 33.3 Å². The number of benzene rings is 1. The third-order valence-electron chi connectivity index (χ3n) is 3.15. The number of amides is 1. The van der Waals surface area contributed by atoms with E-state index < -0.39 is 5.41 Å². The van der Waals surface area contributed by atoms with Crippen LogP contribution in [0.25, 0.3) is 0 Å². The lowest BCUT2D eigenvalue weighted by atomic mass is 9.83. The minimum Gasteiger partial charge on any atom is -0.399 e. The van der Waals surface area contributed by atoms with Crippen molar-refractivity contribution in [3.8, 4) is 0 Å². The van der Waals surface area contributed by atoms with Crippen LogP contribution in [0.4, 0.5) is 5.69 Å². The molecule has 106 valence electrons. The van der Waals surface area contributed by atoms with Crippen molar-refractivity contribution in [1.29, 1.82) is 0 Å². The number of carbonyl (C=O) groups is 1. The largest absolute Gasteiger partial charge is 0.399 e. The van der Waals surface area contributed by atoms with Crippen molar-refractivity contribution in [3.63, 3.8) is 0 Å². The first-order valence-corrected chi connectivity index (χ1v) is 6.62. The zero-order valence-electron chi connectivity index (χ0n) is 12.2. The van der Waals surface area contributed by atoms with Crippen molar-refractivity contribution in [2.24, 2.45) is 0 Å². The molecule has 1 aromatic carbocycles. The SMILES string of the molecule is CCOCC(C)NC(=O)C(C)(C)c1ccc(N)cc1. The van der Waals surface area contributed by atoms with Crippen molar-refractivity contribution >= 4 is 11.6 Å². The molecule has 0 aliphatic heterocycles. The number of ether oxygens (including phenoxy) is 1. The molecule has 0 bridgehead atoms. The Hall–Kier alpha value is -1.55. The van der Waals surface area contributed by atoms with Gasteiger partial charge in [-0.05, 0) is 45.4 Å². The summed E-state index contributed by atoms with van der Waals surface area (Å²) in [6.07, 6.45) is 0. The highest BCUT2D eigenvalue weighted by Gasteiger charge is 2.30. The average molecular weight is 264 g/mol. The molecular weight excluding hydrogens is 240 g/mol. The molecule has 4 nitrogen and oxygen atoms in total. The molecule has 0 spiro atoms. The first-order valence-electron chi connectivity index (χ1n) is 6.62. The molecular formula is C15H24N2O2. The fourth-order valence-corrected chi connectivity index (χ4v) is 1.77. The van der Waals surface area contributed by atoms with Crippen molar-refractivity contribution in [3.05, 3.63) is 29.8 Å². The lowest BCUT2D eigenvalue weighted by Crippen LogP contribution is -2.45. The Morgan fingerprint density at radius 3 is 2.47 bits per heavy atom. The van der Waals surface area contributed by atoms with Gasteiger partial charge in [-0.2, -0.15) is 0 Å². The second kappa shape index (κ2) is 6.57. The van der Waals surface area contributed by atoms with E-state index in [1.807, 2.05) is 52.0 Å². The Kier molecular flexibility index (Phi) is 5.36. The maximum Gasteiger partial charge on any atom is 0.230 e.